The third-order valence-corrected chi connectivity index (χ3v) is 4.89. The van der Waals surface area contributed by atoms with Gasteiger partial charge in [0.05, 0.1) is 10.8 Å². The van der Waals surface area contributed by atoms with Crippen LogP contribution in [0.25, 0.3) is 0 Å². The molecule has 0 bridgehead atoms. The number of carbonyl (C=O) groups excluding carboxylic acids is 1. The Morgan fingerprint density at radius 1 is 1.05 bits per heavy atom. The van der Waals surface area contributed by atoms with E-state index < -0.39 is 10.8 Å². The fourth-order valence-electron chi connectivity index (χ4n) is 2.07. The summed E-state index contributed by atoms with van der Waals surface area (Å²) in [5.41, 5.74) is 1.07. The van der Waals surface area contributed by atoms with Gasteiger partial charge in [0.15, 0.2) is 0 Å². The SMILES string of the molecule is CC(CS(=O)c1ccccc1)N(C=O)Cc1ccccc1. The Labute approximate surface area is 128 Å². The molecule has 0 saturated carbocycles. The monoisotopic (exact) mass is 301 g/mol. The third kappa shape index (κ3) is 4.53. The summed E-state index contributed by atoms with van der Waals surface area (Å²) in [5.74, 6) is 0.440. The summed E-state index contributed by atoms with van der Waals surface area (Å²) < 4.78 is 12.3. The predicted molar refractivity (Wildman–Crippen MR) is 85.2 cm³/mol. The molecule has 0 aliphatic heterocycles. The summed E-state index contributed by atoms with van der Waals surface area (Å²) in [6.45, 7) is 2.47. The van der Waals surface area contributed by atoms with E-state index in [1.54, 1.807) is 4.90 Å². The molecule has 2 unspecified atom stereocenters. The van der Waals surface area contributed by atoms with Gasteiger partial charge < -0.3 is 4.90 Å². The molecule has 3 nitrogen and oxygen atoms in total. The van der Waals surface area contributed by atoms with Gasteiger partial charge in [0.25, 0.3) is 0 Å². The van der Waals surface area contributed by atoms with Crippen LogP contribution in [0.3, 0.4) is 0 Å². The Bertz CT molecular complexity index is 586. The van der Waals surface area contributed by atoms with Crippen LogP contribution >= 0.6 is 0 Å². The van der Waals surface area contributed by atoms with E-state index in [9.17, 15) is 9.00 Å². The average molecular weight is 301 g/mol. The Kier molecular flexibility index (Phi) is 5.69. The highest BCUT2D eigenvalue weighted by Gasteiger charge is 2.16. The average Bonchev–Trinajstić information content (AvgIpc) is 2.54. The lowest BCUT2D eigenvalue weighted by Crippen LogP contribution is -2.35. The molecule has 0 radical (unpaired) electrons. The summed E-state index contributed by atoms with van der Waals surface area (Å²) in [6, 6.07) is 19.1. The second-order valence-electron chi connectivity index (χ2n) is 4.94. The molecule has 21 heavy (non-hydrogen) atoms. The van der Waals surface area contributed by atoms with Crippen molar-refractivity contribution < 1.29 is 9.00 Å². The van der Waals surface area contributed by atoms with E-state index in [4.69, 9.17) is 0 Å². The van der Waals surface area contributed by atoms with E-state index in [0.717, 1.165) is 16.9 Å². The number of carbonyl (C=O) groups is 1. The fraction of sp³-hybridized carbons (Fsp3) is 0.235. The highest BCUT2D eigenvalue weighted by Crippen LogP contribution is 2.11. The van der Waals surface area contributed by atoms with E-state index in [0.29, 0.717) is 12.3 Å². The Morgan fingerprint density at radius 2 is 1.62 bits per heavy atom. The predicted octanol–water partition coefficient (Wildman–Crippen LogP) is 2.84. The number of rotatable bonds is 7. The lowest BCUT2D eigenvalue weighted by Gasteiger charge is -2.25. The van der Waals surface area contributed by atoms with E-state index in [2.05, 4.69) is 0 Å². The molecule has 0 saturated heterocycles. The van der Waals surface area contributed by atoms with Crippen molar-refractivity contribution in [2.24, 2.45) is 0 Å². The molecule has 2 aromatic rings. The van der Waals surface area contributed by atoms with Crippen LogP contribution in [0.2, 0.25) is 0 Å². The molecule has 0 spiro atoms. The van der Waals surface area contributed by atoms with Crippen LogP contribution < -0.4 is 0 Å². The van der Waals surface area contributed by atoms with E-state index in [1.807, 2.05) is 67.6 Å². The van der Waals surface area contributed by atoms with E-state index in [-0.39, 0.29) is 6.04 Å². The summed E-state index contributed by atoms with van der Waals surface area (Å²) in [6.07, 6.45) is 0.833. The Balaban J connectivity index is 1.99. The molecule has 2 aromatic carbocycles. The smallest absolute Gasteiger partial charge is 0.210 e. The van der Waals surface area contributed by atoms with Gasteiger partial charge in [-0.2, -0.15) is 0 Å². The molecule has 0 fully saturated rings. The topological polar surface area (TPSA) is 37.4 Å². The molecule has 2 atom stereocenters. The lowest BCUT2D eigenvalue weighted by atomic mass is 10.2. The Hall–Kier alpha value is -1.94. The first-order valence-electron chi connectivity index (χ1n) is 6.89. The summed E-state index contributed by atoms with van der Waals surface area (Å²) in [7, 11) is -1.09. The normalized spacial score (nSPS) is 13.4. The van der Waals surface area contributed by atoms with Gasteiger partial charge in [-0.05, 0) is 24.6 Å². The zero-order chi connectivity index (χ0) is 15.1. The fourth-order valence-corrected chi connectivity index (χ4v) is 3.36. The highest BCUT2D eigenvalue weighted by molar-refractivity contribution is 7.85. The standard InChI is InChI=1S/C17H19NO2S/c1-15(13-21(20)17-10-6-3-7-11-17)18(14-19)12-16-8-4-2-5-9-16/h2-11,14-15H,12-13H2,1H3. The lowest BCUT2D eigenvalue weighted by molar-refractivity contribution is -0.120. The first-order valence-corrected chi connectivity index (χ1v) is 8.21. The van der Waals surface area contributed by atoms with Gasteiger partial charge in [0, 0.05) is 23.2 Å². The van der Waals surface area contributed by atoms with Crippen molar-refractivity contribution in [2.45, 2.75) is 24.4 Å². The molecule has 110 valence electrons. The third-order valence-electron chi connectivity index (χ3n) is 3.31. The number of amides is 1. The van der Waals surface area contributed by atoms with Crippen molar-refractivity contribution in [3.63, 3.8) is 0 Å². The van der Waals surface area contributed by atoms with Crippen LogP contribution in [0.4, 0.5) is 0 Å². The minimum atomic E-state index is -1.09. The van der Waals surface area contributed by atoms with Gasteiger partial charge in [-0.3, -0.25) is 9.00 Å². The molecule has 4 heteroatoms. The number of benzene rings is 2. The van der Waals surface area contributed by atoms with Crippen LogP contribution in [0, 0.1) is 0 Å². The largest absolute Gasteiger partial charge is 0.337 e. The molecule has 0 N–H and O–H groups in total. The molecule has 0 aliphatic carbocycles. The van der Waals surface area contributed by atoms with E-state index in [1.165, 1.54) is 0 Å². The second-order valence-corrected chi connectivity index (χ2v) is 6.43. The first-order chi connectivity index (χ1) is 10.2. The van der Waals surface area contributed by atoms with Gasteiger partial charge in [-0.1, -0.05) is 48.5 Å². The van der Waals surface area contributed by atoms with E-state index >= 15 is 0 Å². The number of nitrogens with zero attached hydrogens (tertiary/aromatic N) is 1. The maximum Gasteiger partial charge on any atom is 0.210 e. The molecule has 2 rings (SSSR count). The minimum Gasteiger partial charge on any atom is -0.337 e. The van der Waals surface area contributed by atoms with Crippen LogP contribution in [-0.4, -0.2) is 27.3 Å². The van der Waals surface area contributed by atoms with Crippen LogP contribution in [0.15, 0.2) is 65.6 Å². The van der Waals surface area contributed by atoms with Gasteiger partial charge in [0.1, 0.15) is 0 Å². The summed E-state index contributed by atoms with van der Waals surface area (Å²) >= 11 is 0. The zero-order valence-electron chi connectivity index (χ0n) is 12.0. The quantitative estimate of drug-likeness (QED) is 0.738. The summed E-state index contributed by atoms with van der Waals surface area (Å²) in [4.78, 5) is 13.8. The van der Waals surface area contributed by atoms with Crippen molar-refractivity contribution in [3.8, 4) is 0 Å². The van der Waals surface area contributed by atoms with Crippen molar-refractivity contribution in [1.82, 2.24) is 4.90 Å². The van der Waals surface area contributed by atoms with Crippen molar-refractivity contribution >= 4 is 17.2 Å². The van der Waals surface area contributed by atoms with Crippen LogP contribution in [-0.2, 0) is 22.1 Å². The van der Waals surface area contributed by atoms with Gasteiger partial charge in [0.2, 0.25) is 6.41 Å². The van der Waals surface area contributed by atoms with Gasteiger partial charge in [-0.25, -0.2) is 0 Å². The highest BCUT2D eigenvalue weighted by atomic mass is 32.2. The number of hydrogen-bond acceptors (Lipinski definition) is 2. The van der Waals surface area contributed by atoms with Crippen molar-refractivity contribution in [1.29, 1.82) is 0 Å². The van der Waals surface area contributed by atoms with Gasteiger partial charge >= 0.3 is 0 Å². The Morgan fingerprint density at radius 3 is 2.19 bits per heavy atom. The van der Waals surface area contributed by atoms with Crippen LogP contribution in [0.1, 0.15) is 12.5 Å². The molecule has 1 amide bonds. The van der Waals surface area contributed by atoms with Crippen molar-refractivity contribution in [3.05, 3.63) is 66.2 Å². The summed E-state index contributed by atoms with van der Waals surface area (Å²) in [5, 5.41) is 0. The molecule has 0 heterocycles. The van der Waals surface area contributed by atoms with Crippen molar-refractivity contribution in [2.75, 3.05) is 5.75 Å². The molecule has 0 aromatic heterocycles. The molecular weight excluding hydrogens is 282 g/mol. The maximum atomic E-state index is 12.3. The zero-order valence-corrected chi connectivity index (χ0v) is 12.8. The molecular formula is C17H19NO2S. The first kappa shape index (κ1) is 15.4. The van der Waals surface area contributed by atoms with Crippen LogP contribution in [0.5, 0.6) is 0 Å². The number of hydrogen-bond donors (Lipinski definition) is 0. The maximum absolute atomic E-state index is 12.3. The second kappa shape index (κ2) is 7.74. The van der Waals surface area contributed by atoms with Gasteiger partial charge in [-0.15, -0.1) is 0 Å². The minimum absolute atomic E-state index is 0.0799. The molecule has 0 aliphatic rings.